The van der Waals surface area contributed by atoms with Crippen molar-refractivity contribution in [2.75, 3.05) is 6.54 Å². The molecule has 1 atom stereocenters. The van der Waals surface area contributed by atoms with Crippen molar-refractivity contribution in [2.24, 2.45) is 5.41 Å². The van der Waals surface area contributed by atoms with E-state index in [2.05, 4.69) is 48.9 Å². The van der Waals surface area contributed by atoms with Crippen molar-refractivity contribution in [1.29, 1.82) is 0 Å². The molecule has 1 N–H and O–H groups in total. The molecule has 0 spiro atoms. The second kappa shape index (κ2) is 6.56. The van der Waals surface area contributed by atoms with Crippen LogP contribution in [0, 0.1) is 19.3 Å². The van der Waals surface area contributed by atoms with Crippen LogP contribution >= 0.6 is 15.9 Å². The van der Waals surface area contributed by atoms with Crippen molar-refractivity contribution in [3.8, 4) is 0 Å². The Morgan fingerprint density at radius 2 is 1.89 bits per heavy atom. The van der Waals surface area contributed by atoms with Crippen LogP contribution in [0.4, 0.5) is 0 Å². The lowest BCUT2D eigenvalue weighted by molar-refractivity contribution is 0.0952. The number of benzene rings is 1. The fraction of sp³-hybridized carbons (Fsp3) is 0.562. The Morgan fingerprint density at radius 3 is 2.42 bits per heavy atom. The fourth-order valence-corrected chi connectivity index (χ4v) is 3.06. The molecule has 0 bridgehead atoms. The molecular formula is C16H24BrNO. The zero-order valence-corrected chi connectivity index (χ0v) is 14.1. The molecule has 1 aromatic carbocycles. The molecule has 0 aliphatic heterocycles. The minimum atomic E-state index is 0.00135. The molecule has 0 aliphatic rings. The maximum atomic E-state index is 12.0. The first kappa shape index (κ1) is 16.2. The fourth-order valence-electron chi connectivity index (χ4n) is 1.92. The van der Waals surface area contributed by atoms with E-state index >= 15 is 0 Å². The van der Waals surface area contributed by atoms with Gasteiger partial charge in [0.25, 0.3) is 5.91 Å². The lowest BCUT2D eigenvalue weighted by Gasteiger charge is -2.22. The second-order valence-electron chi connectivity index (χ2n) is 6.37. The van der Waals surface area contributed by atoms with Gasteiger partial charge >= 0.3 is 0 Å². The van der Waals surface area contributed by atoms with Gasteiger partial charge in [-0.05, 0) is 48.9 Å². The van der Waals surface area contributed by atoms with Crippen LogP contribution in [0.3, 0.4) is 0 Å². The second-order valence-corrected chi connectivity index (χ2v) is 7.67. The number of aryl methyl sites for hydroxylation is 2. The molecule has 1 unspecified atom stereocenters. The molecule has 0 fully saturated rings. The van der Waals surface area contributed by atoms with E-state index < -0.39 is 0 Å². The van der Waals surface area contributed by atoms with Gasteiger partial charge in [0, 0.05) is 16.9 Å². The molecule has 3 heteroatoms. The average molecular weight is 326 g/mol. The van der Waals surface area contributed by atoms with Crippen molar-refractivity contribution < 1.29 is 4.79 Å². The molecule has 1 aromatic rings. The maximum absolute atomic E-state index is 12.0. The molecular weight excluding hydrogens is 302 g/mol. The Hall–Kier alpha value is -0.830. The standard InChI is InChI=1S/C16H24BrNO/c1-11-6-7-13(8-12(11)2)15(19)18-10-14(17)9-16(3,4)5/h6-8,14H,9-10H2,1-5H3,(H,18,19). The first-order valence-electron chi connectivity index (χ1n) is 6.68. The number of alkyl halides is 1. The van der Waals surface area contributed by atoms with Gasteiger partial charge < -0.3 is 5.32 Å². The number of amides is 1. The van der Waals surface area contributed by atoms with Gasteiger partial charge in [-0.2, -0.15) is 0 Å². The van der Waals surface area contributed by atoms with E-state index in [0.717, 1.165) is 17.5 Å². The van der Waals surface area contributed by atoms with Crippen LogP contribution in [0.15, 0.2) is 18.2 Å². The highest BCUT2D eigenvalue weighted by Gasteiger charge is 2.17. The van der Waals surface area contributed by atoms with Gasteiger partial charge in [0.2, 0.25) is 0 Å². The minimum absolute atomic E-state index is 0.00135. The molecule has 0 heterocycles. The summed E-state index contributed by atoms with van der Waals surface area (Å²) in [6, 6.07) is 5.81. The lowest BCUT2D eigenvalue weighted by atomic mass is 9.90. The summed E-state index contributed by atoms with van der Waals surface area (Å²) in [5.41, 5.74) is 3.36. The highest BCUT2D eigenvalue weighted by atomic mass is 79.9. The average Bonchev–Trinajstić information content (AvgIpc) is 2.27. The number of carbonyl (C=O) groups is 1. The van der Waals surface area contributed by atoms with Crippen molar-refractivity contribution in [3.05, 3.63) is 34.9 Å². The lowest BCUT2D eigenvalue weighted by Crippen LogP contribution is -2.31. The third-order valence-electron chi connectivity index (χ3n) is 3.09. The van der Waals surface area contributed by atoms with Gasteiger partial charge in [0.05, 0.1) is 0 Å². The van der Waals surface area contributed by atoms with Crippen LogP contribution in [0.5, 0.6) is 0 Å². The number of carbonyl (C=O) groups excluding carboxylic acids is 1. The van der Waals surface area contributed by atoms with E-state index in [0.29, 0.717) is 11.4 Å². The quantitative estimate of drug-likeness (QED) is 0.824. The Labute approximate surface area is 125 Å². The molecule has 0 saturated heterocycles. The van der Waals surface area contributed by atoms with Gasteiger partial charge in [-0.25, -0.2) is 0 Å². The van der Waals surface area contributed by atoms with E-state index in [9.17, 15) is 4.79 Å². The Morgan fingerprint density at radius 1 is 1.26 bits per heavy atom. The van der Waals surface area contributed by atoms with Gasteiger partial charge in [0.15, 0.2) is 0 Å². The summed E-state index contributed by atoms with van der Waals surface area (Å²) in [4.78, 5) is 12.4. The molecule has 0 aromatic heterocycles. The third-order valence-corrected chi connectivity index (χ3v) is 3.73. The van der Waals surface area contributed by atoms with Crippen LogP contribution in [0.1, 0.15) is 48.7 Å². The summed E-state index contributed by atoms with van der Waals surface area (Å²) >= 11 is 3.63. The van der Waals surface area contributed by atoms with Crippen molar-refractivity contribution in [2.45, 2.75) is 45.9 Å². The molecule has 106 valence electrons. The van der Waals surface area contributed by atoms with Crippen LogP contribution in [0.25, 0.3) is 0 Å². The highest BCUT2D eigenvalue weighted by molar-refractivity contribution is 9.09. The van der Waals surface area contributed by atoms with E-state index in [1.807, 2.05) is 25.1 Å². The predicted octanol–water partition coefficient (Wildman–Crippen LogP) is 4.23. The molecule has 19 heavy (non-hydrogen) atoms. The molecule has 0 radical (unpaired) electrons. The number of halogens is 1. The summed E-state index contributed by atoms with van der Waals surface area (Å²) in [7, 11) is 0. The Kier molecular flexibility index (Phi) is 5.60. The van der Waals surface area contributed by atoms with E-state index in [4.69, 9.17) is 0 Å². The SMILES string of the molecule is Cc1ccc(C(=O)NCC(Br)CC(C)(C)C)cc1C. The molecule has 1 rings (SSSR count). The summed E-state index contributed by atoms with van der Waals surface area (Å²) in [5, 5.41) is 2.98. The van der Waals surface area contributed by atoms with Crippen LogP contribution in [-0.4, -0.2) is 17.3 Å². The van der Waals surface area contributed by atoms with Gasteiger partial charge in [-0.3, -0.25) is 4.79 Å². The van der Waals surface area contributed by atoms with Crippen LogP contribution < -0.4 is 5.32 Å². The van der Waals surface area contributed by atoms with Crippen LogP contribution in [0.2, 0.25) is 0 Å². The van der Waals surface area contributed by atoms with E-state index in [1.54, 1.807) is 0 Å². The maximum Gasteiger partial charge on any atom is 0.251 e. The first-order chi connectivity index (χ1) is 8.69. The summed E-state index contributed by atoms with van der Waals surface area (Å²) in [6.45, 7) is 11.3. The predicted molar refractivity (Wildman–Crippen MR) is 85.0 cm³/mol. The largest absolute Gasteiger partial charge is 0.351 e. The zero-order valence-electron chi connectivity index (χ0n) is 12.5. The van der Waals surface area contributed by atoms with E-state index in [-0.39, 0.29) is 11.3 Å². The summed E-state index contributed by atoms with van der Waals surface area (Å²) in [6.07, 6.45) is 1.03. The Balaban J connectivity index is 2.53. The van der Waals surface area contributed by atoms with Crippen molar-refractivity contribution in [1.82, 2.24) is 5.32 Å². The topological polar surface area (TPSA) is 29.1 Å². The van der Waals surface area contributed by atoms with Gasteiger partial charge in [-0.15, -0.1) is 0 Å². The van der Waals surface area contributed by atoms with E-state index in [1.165, 1.54) is 5.56 Å². The third kappa shape index (κ3) is 5.77. The molecule has 2 nitrogen and oxygen atoms in total. The molecule has 1 amide bonds. The monoisotopic (exact) mass is 325 g/mol. The van der Waals surface area contributed by atoms with Crippen molar-refractivity contribution >= 4 is 21.8 Å². The van der Waals surface area contributed by atoms with Gasteiger partial charge in [-0.1, -0.05) is 42.8 Å². The zero-order chi connectivity index (χ0) is 14.6. The first-order valence-corrected chi connectivity index (χ1v) is 7.60. The van der Waals surface area contributed by atoms with Gasteiger partial charge in [0.1, 0.15) is 0 Å². The summed E-state index contributed by atoms with van der Waals surface area (Å²) in [5.74, 6) is 0.00135. The molecule has 0 saturated carbocycles. The normalized spacial score (nSPS) is 13.2. The number of hydrogen-bond acceptors (Lipinski definition) is 1. The highest BCUT2D eigenvalue weighted by Crippen LogP contribution is 2.24. The minimum Gasteiger partial charge on any atom is -0.351 e. The summed E-state index contributed by atoms with van der Waals surface area (Å²) < 4.78 is 0. The molecule has 0 aliphatic carbocycles. The number of nitrogens with one attached hydrogen (secondary N) is 1. The smallest absolute Gasteiger partial charge is 0.251 e. The number of rotatable bonds is 4. The number of hydrogen-bond donors (Lipinski definition) is 1. The van der Waals surface area contributed by atoms with Crippen molar-refractivity contribution in [3.63, 3.8) is 0 Å². The Bertz CT molecular complexity index is 449. The van der Waals surface area contributed by atoms with Crippen LogP contribution in [-0.2, 0) is 0 Å².